The van der Waals surface area contributed by atoms with Crippen LogP contribution in [0.15, 0.2) is 24.3 Å². The Kier molecular flexibility index (Phi) is 8.32. The van der Waals surface area contributed by atoms with Crippen LogP contribution in [0.2, 0.25) is 0 Å². The van der Waals surface area contributed by atoms with Crippen molar-refractivity contribution >= 4 is 23.6 Å². The summed E-state index contributed by atoms with van der Waals surface area (Å²) in [6.45, 7) is 10.2. The summed E-state index contributed by atoms with van der Waals surface area (Å²) < 4.78 is 4.67. The highest BCUT2D eigenvalue weighted by Crippen LogP contribution is 2.24. The van der Waals surface area contributed by atoms with Crippen LogP contribution in [0.4, 0.5) is 0 Å². The van der Waals surface area contributed by atoms with Gasteiger partial charge in [-0.1, -0.05) is 52.0 Å². The maximum atomic E-state index is 12.2. The number of hydrogen-bond donors (Lipinski definition) is 1. The second-order valence-electron chi connectivity index (χ2n) is 6.59. The van der Waals surface area contributed by atoms with E-state index in [1.807, 2.05) is 0 Å². The van der Waals surface area contributed by atoms with E-state index in [1.54, 1.807) is 6.92 Å². The van der Waals surface area contributed by atoms with Crippen molar-refractivity contribution in [3.8, 4) is 0 Å². The molecule has 1 N–H and O–H groups in total. The highest BCUT2D eigenvalue weighted by atomic mass is 32.2. The number of rotatable bonds is 8. The summed E-state index contributed by atoms with van der Waals surface area (Å²) in [6.07, 6.45) is 0. The summed E-state index contributed by atoms with van der Waals surface area (Å²) in [5.41, 5.74) is 2.39. The summed E-state index contributed by atoms with van der Waals surface area (Å²) in [5, 5.41) is 2.74. The second-order valence-corrected chi connectivity index (χ2v) is 7.92. The molecule has 0 heterocycles. The largest absolute Gasteiger partial charge is 0.468 e. The van der Waals surface area contributed by atoms with E-state index >= 15 is 0 Å². The zero-order valence-corrected chi connectivity index (χ0v) is 16.3. The molecular formula is C19H29NO3S. The lowest BCUT2D eigenvalue weighted by atomic mass is 9.93. The van der Waals surface area contributed by atoms with Crippen molar-refractivity contribution < 1.29 is 14.3 Å². The van der Waals surface area contributed by atoms with Crippen molar-refractivity contribution in [1.82, 2.24) is 5.32 Å². The quantitative estimate of drug-likeness (QED) is 0.721. The molecule has 2 atom stereocenters. The van der Waals surface area contributed by atoms with Gasteiger partial charge in [0.2, 0.25) is 5.91 Å². The van der Waals surface area contributed by atoms with Gasteiger partial charge in [0.25, 0.3) is 0 Å². The third kappa shape index (κ3) is 6.19. The van der Waals surface area contributed by atoms with Crippen LogP contribution in [-0.4, -0.2) is 30.0 Å². The van der Waals surface area contributed by atoms with Gasteiger partial charge in [0.1, 0.15) is 5.25 Å². The molecule has 2 unspecified atom stereocenters. The fourth-order valence-electron chi connectivity index (χ4n) is 2.37. The van der Waals surface area contributed by atoms with Crippen LogP contribution < -0.4 is 5.32 Å². The fourth-order valence-corrected chi connectivity index (χ4v) is 3.09. The van der Waals surface area contributed by atoms with Gasteiger partial charge in [-0.25, -0.2) is 0 Å². The minimum atomic E-state index is -0.344. The maximum absolute atomic E-state index is 12.2. The molecule has 0 fully saturated rings. The Hall–Kier alpha value is -1.49. The SMILES string of the molecule is COC(=O)C(C)SCC(=O)NC(c1ccc(C(C)C)cc1)C(C)C. The molecule has 24 heavy (non-hydrogen) atoms. The highest BCUT2D eigenvalue weighted by Gasteiger charge is 2.20. The number of thioether (sulfide) groups is 1. The average molecular weight is 352 g/mol. The van der Waals surface area contributed by atoms with Crippen LogP contribution in [0.5, 0.6) is 0 Å². The van der Waals surface area contributed by atoms with Gasteiger partial charge in [-0.05, 0) is 29.9 Å². The van der Waals surface area contributed by atoms with E-state index in [9.17, 15) is 9.59 Å². The van der Waals surface area contributed by atoms with Gasteiger partial charge in [0.15, 0.2) is 0 Å². The average Bonchev–Trinajstić information content (AvgIpc) is 2.56. The number of ether oxygens (including phenoxy) is 1. The van der Waals surface area contributed by atoms with Gasteiger partial charge >= 0.3 is 5.97 Å². The van der Waals surface area contributed by atoms with Gasteiger partial charge in [0.05, 0.1) is 18.9 Å². The lowest BCUT2D eigenvalue weighted by Crippen LogP contribution is -2.33. The van der Waals surface area contributed by atoms with Crippen LogP contribution in [0.1, 0.15) is 57.7 Å². The Morgan fingerprint density at radius 2 is 1.58 bits per heavy atom. The van der Waals surface area contributed by atoms with Crippen LogP contribution in [0.3, 0.4) is 0 Å². The number of carbonyl (C=O) groups excluding carboxylic acids is 2. The van der Waals surface area contributed by atoms with Crippen molar-refractivity contribution in [1.29, 1.82) is 0 Å². The molecule has 1 amide bonds. The molecule has 0 saturated carbocycles. The van der Waals surface area contributed by atoms with E-state index in [1.165, 1.54) is 24.4 Å². The number of amides is 1. The zero-order valence-electron chi connectivity index (χ0n) is 15.5. The lowest BCUT2D eigenvalue weighted by Gasteiger charge is -2.23. The van der Waals surface area contributed by atoms with E-state index in [0.717, 1.165) is 5.56 Å². The van der Waals surface area contributed by atoms with Crippen molar-refractivity contribution in [2.45, 2.75) is 51.8 Å². The Balaban J connectivity index is 2.69. The molecule has 0 aromatic heterocycles. The number of carbonyl (C=O) groups is 2. The van der Waals surface area contributed by atoms with Gasteiger partial charge in [-0.2, -0.15) is 0 Å². The molecule has 0 radical (unpaired) electrons. The summed E-state index contributed by atoms with van der Waals surface area (Å²) in [4.78, 5) is 23.6. The summed E-state index contributed by atoms with van der Waals surface area (Å²) in [6, 6.07) is 8.38. The normalized spacial score (nSPS) is 13.7. The molecular weight excluding hydrogens is 322 g/mol. The molecule has 0 aliphatic rings. The monoisotopic (exact) mass is 351 g/mol. The summed E-state index contributed by atoms with van der Waals surface area (Å²) >= 11 is 1.29. The number of nitrogens with one attached hydrogen (secondary N) is 1. The first-order chi connectivity index (χ1) is 11.3. The first-order valence-corrected chi connectivity index (χ1v) is 9.39. The van der Waals surface area contributed by atoms with Crippen LogP contribution >= 0.6 is 11.8 Å². The van der Waals surface area contributed by atoms with E-state index in [-0.39, 0.29) is 34.8 Å². The maximum Gasteiger partial charge on any atom is 0.318 e. The molecule has 1 aromatic carbocycles. The number of methoxy groups -OCH3 is 1. The van der Waals surface area contributed by atoms with Gasteiger partial charge in [0, 0.05) is 0 Å². The molecule has 0 aliphatic heterocycles. The van der Waals surface area contributed by atoms with Crippen molar-refractivity contribution in [2.24, 2.45) is 5.92 Å². The molecule has 134 valence electrons. The van der Waals surface area contributed by atoms with Crippen molar-refractivity contribution in [3.05, 3.63) is 35.4 Å². The Bertz CT molecular complexity index is 540. The molecule has 0 spiro atoms. The van der Waals surface area contributed by atoms with Crippen LogP contribution in [0.25, 0.3) is 0 Å². The molecule has 0 saturated heterocycles. The molecule has 5 heteroatoms. The zero-order chi connectivity index (χ0) is 18.3. The number of hydrogen-bond acceptors (Lipinski definition) is 4. The van der Waals surface area contributed by atoms with Crippen LogP contribution in [0, 0.1) is 5.92 Å². The van der Waals surface area contributed by atoms with Crippen molar-refractivity contribution in [2.75, 3.05) is 12.9 Å². The molecule has 1 aromatic rings. The van der Waals surface area contributed by atoms with Gasteiger partial charge in [-0.15, -0.1) is 11.8 Å². The first kappa shape index (κ1) is 20.6. The number of esters is 1. The van der Waals surface area contributed by atoms with E-state index in [2.05, 4.69) is 62.0 Å². The van der Waals surface area contributed by atoms with E-state index < -0.39 is 0 Å². The molecule has 0 bridgehead atoms. The summed E-state index contributed by atoms with van der Waals surface area (Å²) in [7, 11) is 1.36. The van der Waals surface area contributed by atoms with Crippen molar-refractivity contribution in [3.63, 3.8) is 0 Å². The minimum Gasteiger partial charge on any atom is -0.468 e. The fraction of sp³-hybridized carbons (Fsp3) is 0.579. The molecule has 0 aliphatic carbocycles. The Morgan fingerprint density at radius 3 is 2.04 bits per heavy atom. The Labute approximate surface area is 149 Å². The lowest BCUT2D eigenvalue weighted by molar-refractivity contribution is -0.139. The van der Waals surface area contributed by atoms with Gasteiger partial charge in [-0.3, -0.25) is 9.59 Å². The standard InChI is InChI=1S/C19H29NO3S/c1-12(2)15-7-9-16(10-8-15)18(13(3)4)20-17(21)11-24-14(5)19(22)23-6/h7-10,12-14,18H,11H2,1-6H3,(H,20,21). The minimum absolute atomic E-state index is 0.0345. The Morgan fingerprint density at radius 1 is 1.04 bits per heavy atom. The van der Waals surface area contributed by atoms with E-state index in [0.29, 0.717) is 5.92 Å². The summed E-state index contributed by atoms with van der Waals surface area (Å²) in [5.74, 6) is 0.632. The molecule has 4 nitrogen and oxygen atoms in total. The highest BCUT2D eigenvalue weighted by molar-refractivity contribution is 8.01. The number of benzene rings is 1. The van der Waals surface area contributed by atoms with Gasteiger partial charge < -0.3 is 10.1 Å². The van der Waals surface area contributed by atoms with E-state index in [4.69, 9.17) is 0 Å². The molecule has 1 rings (SSSR count). The third-order valence-corrected chi connectivity index (χ3v) is 5.06. The first-order valence-electron chi connectivity index (χ1n) is 8.34. The predicted octanol–water partition coefficient (Wildman–Crippen LogP) is 3.92. The predicted molar refractivity (Wildman–Crippen MR) is 100 cm³/mol. The topological polar surface area (TPSA) is 55.4 Å². The van der Waals surface area contributed by atoms with Crippen LogP contribution in [-0.2, 0) is 14.3 Å². The smallest absolute Gasteiger partial charge is 0.318 e. The third-order valence-electron chi connectivity index (χ3n) is 3.94. The second kappa shape index (κ2) is 9.72.